The Morgan fingerprint density at radius 1 is 1.16 bits per heavy atom. The van der Waals surface area contributed by atoms with Crippen LogP contribution in [0.1, 0.15) is 92.5 Å². The third-order valence-electron chi connectivity index (χ3n) is 9.21. The molecule has 0 bridgehead atoms. The van der Waals surface area contributed by atoms with Crippen molar-refractivity contribution in [1.82, 2.24) is 20.1 Å². The maximum Gasteiger partial charge on any atom is 0.412 e. The predicted molar refractivity (Wildman–Crippen MR) is 189 cm³/mol. The SMILES string of the molecule is CCC(=O)NCCN1C(=O)C2(CCC2)Oc2cc(CI)c(C(=O)N(C(C)C)[C@@H]3CCCN(C(=O)OC(C)OC(=O)c4cccnc4)C3)cc21. The van der Waals surface area contributed by atoms with Gasteiger partial charge in [-0.3, -0.25) is 19.4 Å². The number of pyridine rings is 1. The molecule has 1 saturated heterocycles. The van der Waals surface area contributed by atoms with Crippen LogP contribution in [0.25, 0.3) is 0 Å². The minimum absolute atomic E-state index is 0.103. The molecule has 1 unspecified atom stereocenters. The Hall–Kier alpha value is -3.95. The Bertz CT molecular complexity index is 1570. The van der Waals surface area contributed by atoms with Crippen molar-refractivity contribution in [3.8, 4) is 5.75 Å². The van der Waals surface area contributed by atoms with Gasteiger partial charge in [0, 0.05) is 68.0 Å². The number of carbonyl (C=O) groups excluding carboxylic acids is 5. The van der Waals surface area contributed by atoms with E-state index < -0.39 is 24.0 Å². The molecule has 1 aromatic heterocycles. The van der Waals surface area contributed by atoms with E-state index in [1.807, 2.05) is 19.9 Å². The average molecular weight is 790 g/mol. The summed E-state index contributed by atoms with van der Waals surface area (Å²) in [5.41, 5.74) is 1.09. The van der Waals surface area contributed by atoms with E-state index in [1.165, 1.54) is 24.2 Å². The first-order valence-electron chi connectivity index (χ1n) is 16.9. The van der Waals surface area contributed by atoms with Gasteiger partial charge in [-0.05, 0) is 75.8 Å². The van der Waals surface area contributed by atoms with Gasteiger partial charge in [-0.1, -0.05) is 29.5 Å². The van der Waals surface area contributed by atoms with E-state index in [9.17, 15) is 24.0 Å². The number of amides is 4. The molecule has 3 heterocycles. The number of ether oxygens (including phenoxy) is 3. The molecule has 2 aromatic rings. The summed E-state index contributed by atoms with van der Waals surface area (Å²) >= 11 is 2.23. The summed E-state index contributed by atoms with van der Waals surface area (Å²) in [5.74, 6) is -0.560. The molecule has 264 valence electrons. The summed E-state index contributed by atoms with van der Waals surface area (Å²) in [4.78, 5) is 74.7. The van der Waals surface area contributed by atoms with Crippen LogP contribution in [-0.2, 0) is 23.5 Å². The Morgan fingerprint density at radius 2 is 1.94 bits per heavy atom. The summed E-state index contributed by atoms with van der Waals surface area (Å²) in [6, 6.07) is 6.27. The van der Waals surface area contributed by atoms with E-state index >= 15 is 0 Å². The number of likely N-dealkylation sites (tertiary alicyclic amines) is 1. The van der Waals surface area contributed by atoms with Crippen LogP contribution in [0, 0.1) is 0 Å². The van der Waals surface area contributed by atoms with E-state index in [-0.39, 0.29) is 55.0 Å². The molecule has 1 spiro atoms. The second-order valence-corrected chi connectivity index (χ2v) is 13.6. The van der Waals surface area contributed by atoms with Crippen LogP contribution in [0.5, 0.6) is 5.75 Å². The molecular formula is C35H44IN5O8. The molecule has 5 rings (SSSR count). The van der Waals surface area contributed by atoms with Gasteiger partial charge < -0.3 is 34.2 Å². The molecule has 49 heavy (non-hydrogen) atoms. The van der Waals surface area contributed by atoms with Gasteiger partial charge in [0.25, 0.3) is 11.8 Å². The molecule has 1 saturated carbocycles. The molecule has 3 aliphatic rings. The number of fused-ring (bicyclic) bond motifs is 1. The van der Waals surface area contributed by atoms with Crippen molar-refractivity contribution in [3.05, 3.63) is 53.3 Å². The number of hydrogen-bond donors (Lipinski definition) is 1. The lowest BCUT2D eigenvalue weighted by molar-refractivity contribution is -0.143. The minimum atomic E-state index is -1.13. The smallest absolute Gasteiger partial charge is 0.412 e. The normalized spacial score (nSPS) is 18.6. The van der Waals surface area contributed by atoms with Crippen molar-refractivity contribution in [2.45, 2.75) is 94.6 Å². The lowest BCUT2D eigenvalue weighted by atomic mass is 9.77. The molecule has 2 aliphatic heterocycles. The summed E-state index contributed by atoms with van der Waals surface area (Å²) in [5, 5.41) is 2.85. The number of rotatable bonds is 11. The number of alkyl halides is 1. The van der Waals surface area contributed by atoms with Crippen molar-refractivity contribution in [2.75, 3.05) is 31.1 Å². The van der Waals surface area contributed by atoms with E-state index in [2.05, 4.69) is 32.9 Å². The number of aromatic nitrogens is 1. The molecule has 4 amide bonds. The standard InChI is InChI=1S/C35H44IN5O8/c1-5-30(42)38-14-16-40-28-18-27(25(19-36)17-29(28)49-35(33(40)45)11-8-12-35)31(43)41(22(2)3)26-10-7-15-39(21-26)34(46)48-23(4)47-32(44)24-9-6-13-37-20-24/h6,9,13,17-18,20,22-23,26H,5,7-8,10-12,14-16,19,21H2,1-4H3,(H,38,42)/t23?,26-/m1/s1. The van der Waals surface area contributed by atoms with E-state index in [1.54, 1.807) is 34.9 Å². The fourth-order valence-electron chi connectivity index (χ4n) is 6.54. The first kappa shape index (κ1) is 36.3. The highest BCUT2D eigenvalue weighted by Crippen LogP contribution is 2.47. The number of benzene rings is 1. The summed E-state index contributed by atoms with van der Waals surface area (Å²) in [6.07, 6.45) is 4.94. The highest BCUT2D eigenvalue weighted by atomic mass is 127. The average Bonchev–Trinajstić information content (AvgIpc) is 3.07. The van der Waals surface area contributed by atoms with Crippen LogP contribution in [-0.4, -0.2) is 94.7 Å². The maximum atomic E-state index is 14.5. The largest absolute Gasteiger partial charge is 0.475 e. The summed E-state index contributed by atoms with van der Waals surface area (Å²) in [6.45, 7) is 8.32. The summed E-state index contributed by atoms with van der Waals surface area (Å²) in [7, 11) is 0. The fraction of sp³-hybridized carbons (Fsp3) is 0.543. The molecule has 1 N–H and O–H groups in total. The van der Waals surface area contributed by atoms with E-state index in [4.69, 9.17) is 14.2 Å². The van der Waals surface area contributed by atoms with Gasteiger partial charge in [0.2, 0.25) is 12.2 Å². The lowest BCUT2D eigenvalue weighted by Gasteiger charge is -2.47. The fourth-order valence-corrected chi connectivity index (χ4v) is 7.17. The van der Waals surface area contributed by atoms with Crippen LogP contribution in [0.4, 0.5) is 10.5 Å². The van der Waals surface area contributed by atoms with E-state index in [0.29, 0.717) is 60.1 Å². The minimum Gasteiger partial charge on any atom is -0.475 e. The van der Waals surface area contributed by atoms with Crippen LogP contribution in [0.2, 0.25) is 0 Å². The second kappa shape index (κ2) is 15.7. The molecule has 14 heteroatoms. The first-order chi connectivity index (χ1) is 23.5. The van der Waals surface area contributed by atoms with Crippen molar-refractivity contribution in [2.24, 2.45) is 0 Å². The van der Waals surface area contributed by atoms with Gasteiger partial charge in [0.05, 0.1) is 17.3 Å². The second-order valence-electron chi connectivity index (χ2n) is 12.9. The van der Waals surface area contributed by atoms with Gasteiger partial charge in [-0.25, -0.2) is 9.59 Å². The maximum absolute atomic E-state index is 14.5. The first-order valence-corrected chi connectivity index (χ1v) is 18.4. The number of halogens is 1. The van der Waals surface area contributed by atoms with Crippen LogP contribution in [0.3, 0.4) is 0 Å². The van der Waals surface area contributed by atoms with Crippen molar-refractivity contribution in [1.29, 1.82) is 0 Å². The molecular weight excluding hydrogens is 745 g/mol. The van der Waals surface area contributed by atoms with Gasteiger partial charge in [-0.2, -0.15) is 0 Å². The molecule has 0 radical (unpaired) electrons. The monoisotopic (exact) mass is 789 g/mol. The Balaban J connectivity index is 1.34. The third kappa shape index (κ3) is 7.94. The summed E-state index contributed by atoms with van der Waals surface area (Å²) < 4.78 is 17.7. The topological polar surface area (TPSA) is 148 Å². The Kier molecular flexibility index (Phi) is 11.7. The number of esters is 1. The molecule has 1 aliphatic carbocycles. The quantitative estimate of drug-likeness (QED) is 0.146. The Morgan fingerprint density at radius 3 is 2.57 bits per heavy atom. The van der Waals surface area contributed by atoms with E-state index in [0.717, 1.165) is 12.0 Å². The van der Waals surface area contributed by atoms with Crippen LogP contribution in [0.15, 0.2) is 36.7 Å². The highest BCUT2D eigenvalue weighted by molar-refractivity contribution is 14.1. The zero-order chi connectivity index (χ0) is 35.3. The number of piperidine rings is 1. The Labute approximate surface area is 300 Å². The molecule has 13 nitrogen and oxygen atoms in total. The van der Waals surface area contributed by atoms with Gasteiger partial charge >= 0.3 is 12.1 Å². The van der Waals surface area contributed by atoms with Crippen molar-refractivity contribution in [3.63, 3.8) is 0 Å². The van der Waals surface area contributed by atoms with Crippen molar-refractivity contribution >= 4 is 58.1 Å². The predicted octanol–water partition coefficient (Wildman–Crippen LogP) is 4.85. The number of nitrogens with zero attached hydrogens (tertiary/aromatic N) is 4. The number of hydrogen-bond acceptors (Lipinski definition) is 9. The molecule has 1 aromatic carbocycles. The third-order valence-corrected chi connectivity index (χ3v) is 10.0. The zero-order valence-corrected chi connectivity index (χ0v) is 30.6. The van der Waals surface area contributed by atoms with Crippen LogP contribution >= 0.6 is 22.6 Å². The van der Waals surface area contributed by atoms with Gasteiger partial charge in [0.1, 0.15) is 5.75 Å². The number of anilines is 1. The van der Waals surface area contributed by atoms with Crippen LogP contribution < -0.4 is 15.0 Å². The number of nitrogens with one attached hydrogen (secondary N) is 1. The number of carbonyl (C=O) groups is 5. The van der Waals surface area contributed by atoms with Gasteiger partial charge in [0.15, 0.2) is 5.60 Å². The molecule has 2 atom stereocenters. The zero-order valence-electron chi connectivity index (χ0n) is 28.4. The van der Waals surface area contributed by atoms with Gasteiger partial charge in [-0.15, -0.1) is 0 Å². The highest BCUT2D eigenvalue weighted by Gasteiger charge is 2.53. The molecule has 2 fully saturated rings. The lowest BCUT2D eigenvalue weighted by Crippen LogP contribution is -2.61. The van der Waals surface area contributed by atoms with Crippen molar-refractivity contribution < 1.29 is 38.2 Å².